The number of rotatable bonds is 4. The Hall–Kier alpha value is -1.73. The van der Waals surface area contributed by atoms with E-state index in [4.69, 9.17) is 9.47 Å². The minimum Gasteiger partial charge on any atom is -0.475 e. The van der Waals surface area contributed by atoms with Gasteiger partial charge in [0.15, 0.2) is 0 Å². The summed E-state index contributed by atoms with van der Waals surface area (Å²) in [6.45, 7) is 3.94. The fourth-order valence-corrected chi connectivity index (χ4v) is 1.71. The molecule has 1 aromatic heterocycles. The van der Waals surface area contributed by atoms with Crippen molar-refractivity contribution in [1.82, 2.24) is 10.3 Å². The van der Waals surface area contributed by atoms with Crippen LogP contribution in [-0.4, -0.2) is 41.8 Å². The zero-order valence-corrected chi connectivity index (χ0v) is 10.0. The second-order valence-corrected chi connectivity index (χ2v) is 4.15. The normalized spacial score (nSPS) is 23.6. The smallest absolute Gasteiger partial charge is 0.287 e. The molecule has 0 bridgehead atoms. The predicted octanol–water partition coefficient (Wildman–Crippen LogP) is 0.745. The molecular formula is C11H15N3O4. The van der Waals surface area contributed by atoms with E-state index in [0.29, 0.717) is 12.5 Å². The molecule has 7 heteroatoms. The van der Waals surface area contributed by atoms with Gasteiger partial charge in [-0.2, -0.15) is 0 Å². The van der Waals surface area contributed by atoms with Gasteiger partial charge in [-0.3, -0.25) is 10.1 Å². The molecule has 1 aromatic rings. The number of nitrogens with zero attached hydrogens (tertiary/aromatic N) is 2. The highest BCUT2D eigenvalue weighted by Crippen LogP contribution is 2.14. The van der Waals surface area contributed by atoms with Crippen molar-refractivity contribution in [3.63, 3.8) is 0 Å². The van der Waals surface area contributed by atoms with Gasteiger partial charge in [0, 0.05) is 25.2 Å². The SMILES string of the molecule is CC1CNCC(COc2ccc([N+](=O)[O-])cn2)O1. The molecule has 2 rings (SSSR count). The molecule has 0 spiro atoms. The van der Waals surface area contributed by atoms with E-state index in [1.807, 2.05) is 6.92 Å². The largest absolute Gasteiger partial charge is 0.475 e. The van der Waals surface area contributed by atoms with Crippen molar-refractivity contribution in [1.29, 1.82) is 0 Å². The van der Waals surface area contributed by atoms with Crippen LogP contribution in [0.2, 0.25) is 0 Å². The maximum absolute atomic E-state index is 10.5. The predicted molar refractivity (Wildman–Crippen MR) is 63.6 cm³/mol. The van der Waals surface area contributed by atoms with Crippen molar-refractivity contribution in [3.8, 4) is 5.88 Å². The Morgan fingerprint density at radius 3 is 3.06 bits per heavy atom. The van der Waals surface area contributed by atoms with Gasteiger partial charge >= 0.3 is 0 Å². The molecule has 2 unspecified atom stereocenters. The molecule has 0 saturated carbocycles. The lowest BCUT2D eigenvalue weighted by Gasteiger charge is -2.28. The van der Waals surface area contributed by atoms with E-state index in [1.54, 1.807) is 0 Å². The summed E-state index contributed by atoms with van der Waals surface area (Å²) in [6.07, 6.45) is 1.32. The first kappa shape index (κ1) is 12.7. The van der Waals surface area contributed by atoms with Crippen molar-refractivity contribution in [2.45, 2.75) is 19.1 Å². The van der Waals surface area contributed by atoms with E-state index < -0.39 is 4.92 Å². The van der Waals surface area contributed by atoms with Gasteiger partial charge in [0.2, 0.25) is 5.88 Å². The second kappa shape index (κ2) is 5.74. The van der Waals surface area contributed by atoms with E-state index in [9.17, 15) is 10.1 Å². The van der Waals surface area contributed by atoms with Crippen molar-refractivity contribution in [2.24, 2.45) is 0 Å². The van der Waals surface area contributed by atoms with E-state index in [2.05, 4.69) is 10.3 Å². The number of nitrogens with one attached hydrogen (secondary N) is 1. The van der Waals surface area contributed by atoms with Crippen LogP contribution in [0, 0.1) is 10.1 Å². The summed E-state index contributed by atoms with van der Waals surface area (Å²) in [6, 6.07) is 2.85. The number of ether oxygens (including phenoxy) is 2. The molecule has 0 aromatic carbocycles. The van der Waals surface area contributed by atoms with Gasteiger partial charge in [0.25, 0.3) is 5.69 Å². The van der Waals surface area contributed by atoms with Crippen LogP contribution >= 0.6 is 0 Å². The summed E-state index contributed by atoms with van der Waals surface area (Å²) in [5.41, 5.74) is -0.0495. The third-order valence-electron chi connectivity index (χ3n) is 2.58. The molecule has 1 fully saturated rings. The molecule has 2 heterocycles. The Kier molecular flexibility index (Phi) is 4.06. The average Bonchev–Trinajstić information content (AvgIpc) is 2.37. The molecule has 2 atom stereocenters. The fourth-order valence-electron chi connectivity index (χ4n) is 1.71. The van der Waals surface area contributed by atoms with Gasteiger partial charge in [-0.05, 0) is 6.92 Å². The number of nitro groups is 1. The van der Waals surface area contributed by atoms with Gasteiger partial charge in [0.1, 0.15) is 18.9 Å². The summed E-state index contributed by atoms with van der Waals surface area (Å²) in [4.78, 5) is 13.8. The topological polar surface area (TPSA) is 86.5 Å². The minimum absolute atomic E-state index is 0.0225. The van der Waals surface area contributed by atoms with Gasteiger partial charge in [-0.15, -0.1) is 0 Å². The number of pyridine rings is 1. The highest BCUT2D eigenvalue weighted by molar-refractivity contribution is 5.28. The quantitative estimate of drug-likeness (QED) is 0.629. The molecule has 1 aliphatic rings. The summed E-state index contributed by atoms with van der Waals surface area (Å²) in [5, 5.41) is 13.7. The van der Waals surface area contributed by atoms with E-state index in [-0.39, 0.29) is 17.9 Å². The van der Waals surface area contributed by atoms with Crippen LogP contribution in [0.5, 0.6) is 5.88 Å². The monoisotopic (exact) mass is 253 g/mol. The van der Waals surface area contributed by atoms with Gasteiger partial charge < -0.3 is 14.8 Å². The average molecular weight is 253 g/mol. The Morgan fingerprint density at radius 2 is 2.44 bits per heavy atom. The third-order valence-corrected chi connectivity index (χ3v) is 2.58. The third kappa shape index (κ3) is 3.38. The van der Waals surface area contributed by atoms with E-state index in [1.165, 1.54) is 18.3 Å². The molecule has 18 heavy (non-hydrogen) atoms. The van der Waals surface area contributed by atoms with E-state index >= 15 is 0 Å². The number of hydrogen-bond donors (Lipinski definition) is 1. The Balaban J connectivity index is 1.84. The summed E-state index contributed by atoms with van der Waals surface area (Å²) in [5.74, 6) is 0.363. The fraction of sp³-hybridized carbons (Fsp3) is 0.545. The van der Waals surface area contributed by atoms with Crippen LogP contribution in [0.4, 0.5) is 5.69 Å². The molecule has 7 nitrogen and oxygen atoms in total. The Bertz CT molecular complexity index is 409. The summed E-state index contributed by atoms with van der Waals surface area (Å²) in [7, 11) is 0. The molecular weight excluding hydrogens is 238 g/mol. The van der Waals surface area contributed by atoms with Gasteiger partial charge in [-0.1, -0.05) is 0 Å². The zero-order valence-electron chi connectivity index (χ0n) is 10.0. The molecule has 1 aliphatic heterocycles. The molecule has 0 amide bonds. The Morgan fingerprint density at radius 1 is 1.61 bits per heavy atom. The number of hydrogen-bond acceptors (Lipinski definition) is 6. The first-order valence-electron chi connectivity index (χ1n) is 5.74. The van der Waals surface area contributed by atoms with Gasteiger partial charge in [0.05, 0.1) is 11.0 Å². The summed E-state index contributed by atoms with van der Waals surface area (Å²) < 4.78 is 11.1. The zero-order chi connectivity index (χ0) is 13.0. The maximum Gasteiger partial charge on any atom is 0.287 e. The van der Waals surface area contributed by atoms with Crippen molar-refractivity contribution >= 4 is 5.69 Å². The number of aromatic nitrogens is 1. The lowest BCUT2D eigenvalue weighted by atomic mass is 10.2. The molecule has 1 saturated heterocycles. The highest BCUT2D eigenvalue weighted by Gasteiger charge is 2.19. The first-order chi connectivity index (χ1) is 8.65. The minimum atomic E-state index is -0.493. The molecule has 0 aliphatic carbocycles. The van der Waals surface area contributed by atoms with Crippen LogP contribution < -0.4 is 10.1 Å². The van der Waals surface area contributed by atoms with E-state index in [0.717, 1.165) is 13.1 Å². The standard InChI is InChI=1S/C11H15N3O4/c1-8-4-12-6-10(18-8)7-17-11-3-2-9(5-13-11)14(15)16/h2-3,5,8,10,12H,4,6-7H2,1H3. The van der Waals surface area contributed by atoms with Crippen LogP contribution in [0.25, 0.3) is 0 Å². The van der Waals surface area contributed by atoms with Crippen LogP contribution in [0.1, 0.15) is 6.92 Å². The first-order valence-corrected chi connectivity index (χ1v) is 5.74. The van der Waals surface area contributed by atoms with Crippen LogP contribution in [0.15, 0.2) is 18.3 Å². The second-order valence-electron chi connectivity index (χ2n) is 4.15. The van der Waals surface area contributed by atoms with Crippen molar-refractivity contribution < 1.29 is 14.4 Å². The number of morpholine rings is 1. The summed E-state index contributed by atoms with van der Waals surface area (Å²) >= 11 is 0. The van der Waals surface area contributed by atoms with Crippen LogP contribution in [0.3, 0.4) is 0 Å². The molecule has 98 valence electrons. The maximum atomic E-state index is 10.5. The Labute approximate surface area is 104 Å². The molecule has 0 radical (unpaired) electrons. The molecule has 1 N–H and O–H groups in total. The van der Waals surface area contributed by atoms with Gasteiger partial charge in [-0.25, -0.2) is 4.98 Å². The van der Waals surface area contributed by atoms with Crippen molar-refractivity contribution in [2.75, 3.05) is 19.7 Å². The van der Waals surface area contributed by atoms with Crippen molar-refractivity contribution in [3.05, 3.63) is 28.4 Å². The van der Waals surface area contributed by atoms with Crippen LogP contribution in [-0.2, 0) is 4.74 Å². The lowest BCUT2D eigenvalue weighted by molar-refractivity contribution is -0.385. The highest BCUT2D eigenvalue weighted by atomic mass is 16.6. The lowest BCUT2D eigenvalue weighted by Crippen LogP contribution is -2.45.